The van der Waals surface area contributed by atoms with E-state index >= 15 is 0 Å². The van der Waals surface area contributed by atoms with Crippen LogP contribution in [0.1, 0.15) is 40.5 Å². The molecule has 0 aromatic carbocycles. The summed E-state index contributed by atoms with van der Waals surface area (Å²) in [7, 11) is 4.57. The molecule has 0 bridgehead atoms. The van der Waals surface area contributed by atoms with Crippen molar-refractivity contribution in [3.05, 3.63) is 0 Å². The Morgan fingerprint density at radius 3 is 1.21 bits per heavy atom. The molecular formula is C15H36BrN2O+. The molecule has 0 aliphatic heterocycles. The van der Waals surface area contributed by atoms with E-state index in [1.807, 2.05) is 0 Å². The van der Waals surface area contributed by atoms with Crippen molar-refractivity contribution < 1.29 is 31.1 Å². The SMILES string of the molecule is CC[N+](C)(CC)CCC(O)CC[N+](C)(CC)CC.[Br-]. The van der Waals surface area contributed by atoms with Crippen molar-refractivity contribution in [2.75, 3.05) is 53.4 Å². The molecule has 0 aromatic rings. The first kappa shape index (κ1) is 21.7. The van der Waals surface area contributed by atoms with Crippen LogP contribution in [0.15, 0.2) is 0 Å². The third-order valence-corrected chi connectivity index (χ3v) is 5.06. The number of rotatable bonds is 10. The minimum Gasteiger partial charge on any atom is -1.00 e. The summed E-state index contributed by atoms with van der Waals surface area (Å²) in [5.41, 5.74) is 0. The van der Waals surface area contributed by atoms with E-state index < -0.39 is 0 Å². The van der Waals surface area contributed by atoms with Crippen molar-refractivity contribution >= 4 is 0 Å². The van der Waals surface area contributed by atoms with Crippen LogP contribution in [0, 0.1) is 0 Å². The second kappa shape index (κ2) is 10.1. The maximum atomic E-state index is 10.1. The minimum absolute atomic E-state index is 0. The van der Waals surface area contributed by atoms with Crippen molar-refractivity contribution in [3.8, 4) is 0 Å². The zero-order valence-corrected chi connectivity index (χ0v) is 15.5. The van der Waals surface area contributed by atoms with Gasteiger partial charge in [0.2, 0.25) is 0 Å². The highest BCUT2D eigenvalue weighted by Gasteiger charge is 2.21. The molecule has 19 heavy (non-hydrogen) atoms. The van der Waals surface area contributed by atoms with Crippen molar-refractivity contribution in [1.82, 2.24) is 0 Å². The number of quaternary nitrogens is 2. The Morgan fingerprint density at radius 2 is 1.00 bits per heavy atom. The van der Waals surface area contributed by atoms with E-state index in [0.717, 1.165) is 61.1 Å². The largest absolute Gasteiger partial charge is 1.00 e. The molecule has 0 spiro atoms. The van der Waals surface area contributed by atoms with E-state index in [4.69, 9.17) is 0 Å². The Morgan fingerprint density at radius 1 is 0.737 bits per heavy atom. The van der Waals surface area contributed by atoms with Crippen LogP contribution in [0.5, 0.6) is 0 Å². The summed E-state index contributed by atoms with van der Waals surface area (Å²) in [6.07, 6.45) is 1.74. The fraction of sp³-hybridized carbons (Fsp3) is 1.00. The average Bonchev–Trinajstić information content (AvgIpc) is 2.42. The predicted molar refractivity (Wildman–Crippen MR) is 79.5 cm³/mol. The fourth-order valence-electron chi connectivity index (χ4n) is 2.15. The predicted octanol–water partition coefficient (Wildman–Crippen LogP) is -0.896. The normalized spacial score (nSPS) is 12.6. The van der Waals surface area contributed by atoms with Crippen LogP contribution in [0.25, 0.3) is 0 Å². The maximum absolute atomic E-state index is 10.1. The average molecular weight is 340 g/mol. The second-order valence-corrected chi connectivity index (χ2v) is 6.18. The second-order valence-electron chi connectivity index (χ2n) is 6.18. The van der Waals surface area contributed by atoms with E-state index in [0.29, 0.717) is 0 Å². The number of hydrogen-bond donors (Lipinski definition) is 1. The van der Waals surface area contributed by atoms with Gasteiger partial charge in [-0.25, -0.2) is 0 Å². The van der Waals surface area contributed by atoms with Crippen LogP contribution in [0.2, 0.25) is 0 Å². The molecule has 0 rings (SSSR count). The van der Waals surface area contributed by atoms with Crippen LogP contribution >= 0.6 is 0 Å². The van der Waals surface area contributed by atoms with E-state index in [9.17, 15) is 5.11 Å². The van der Waals surface area contributed by atoms with E-state index in [1.54, 1.807) is 0 Å². The lowest BCUT2D eigenvalue weighted by Crippen LogP contribution is -3.00. The molecule has 0 saturated carbocycles. The third kappa shape index (κ3) is 8.28. The number of aliphatic hydroxyl groups is 1. The van der Waals surface area contributed by atoms with Gasteiger partial charge < -0.3 is 31.1 Å². The maximum Gasteiger partial charge on any atom is 0.0809 e. The molecule has 0 atom stereocenters. The van der Waals surface area contributed by atoms with Gasteiger partial charge in [-0.15, -0.1) is 0 Å². The van der Waals surface area contributed by atoms with E-state index in [-0.39, 0.29) is 23.1 Å². The van der Waals surface area contributed by atoms with Gasteiger partial charge in [-0.2, -0.15) is 0 Å². The highest BCUT2D eigenvalue weighted by atomic mass is 79.9. The lowest BCUT2D eigenvalue weighted by Gasteiger charge is -2.34. The van der Waals surface area contributed by atoms with Gasteiger partial charge in [-0.05, 0) is 27.7 Å². The number of aliphatic hydroxyl groups excluding tert-OH is 1. The molecule has 0 unspecified atom stereocenters. The fourth-order valence-corrected chi connectivity index (χ4v) is 2.15. The Hall–Kier alpha value is 0.360. The number of nitrogens with zero attached hydrogens (tertiary/aromatic N) is 2. The summed E-state index contributed by atoms with van der Waals surface area (Å²) in [5, 5.41) is 10.1. The molecular weight excluding hydrogens is 304 g/mol. The Balaban J connectivity index is 0. The molecule has 0 heterocycles. The first-order chi connectivity index (χ1) is 8.34. The van der Waals surface area contributed by atoms with Gasteiger partial charge in [0.15, 0.2) is 0 Å². The standard InChI is InChI=1S/C15H36N2O.BrH/c1-7-16(5,8-2)13-11-15(18)12-14-17(6,9-3)10-4;/h15,18H,7-14H2,1-6H3;1H/q+2;/p-1. The monoisotopic (exact) mass is 339 g/mol. The van der Waals surface area contributed by atoms with Gasteiger partial charge in [0.25, 0.3) is 0 Å². The lowest BCUT2D eigenvalue weighted by molar-refractivity contribution is -0.908. The van der Waals surface area contributed by atoms with Crippen molar-refractivity contribution in [2.45, 2.75) is 46.6 Å². The van der Waals surface area contributed by atoms with Crippen LogP contribution < -0.4 is 17.0 Å². The highest BCUT2D eigenvalue weighted by molar-refractivity contribution is 4.55. The molecule has 0 aliphatic carbocycles. The Labute approximate surface area is 131 Å². The topological polar surface area (TPSA) is 20.2 Å². The molecule has 3 nitrogen and oxygen atoms in total. The number of halogens is 1. The van der Waals surface area contributed by atoms with Crippen molar-refractivity contribution in [2.24, 2.45) is 0 Å². The highest BCUT2D eigenvalue weighted by Crippen LogP contribution is 2.10. The third-order valence-electron chi connectivity index (χ3n) is 5.06. The number of hydrogen-bond acceptors (Lipinski definition) is 1. The van der Waals surface area contributed by atoms with Gasteiger partial charge in [0.1, 0.15) is 0 Å². The lowest BCUT2D eigenvalue weighted by atomic mass is 10.1. The molecule has 0 saturated heterocycles. The van der Waals surface area contributed by atoms with Crippen LogP contribution in [0.4, 0.5) is 0 Å². The summed E-state index contributed by atoms with van der Waals surface area (Å²) in [6, 6.07) is 0. The molecule has 0 aliphatic rings. The molecule has 0 radical (unpaired) electrons. The van der Waals surface area contributed by atoms with Crippen molar-refractivity contribution in [1.29, 1.82) is 0 Å². The molecule has 0 fully saturated rings. The zero-order valence-electron chi connectivity index (χ0n) is 14.0. The Kier molecular flexibility index (Phi) is 11.6. The van der Waals surface area contributed by atoms with Crippen molar-refractivity contribution in [3.63, 3.8) is 0 Å². The summed E-state index contributed by atoms with van der Waals surface area (Å²) in [5.74, 6) is 0. The van der Waals surface area contributed by atoms with Gasteiger partial charge in [-0.1, -0.05) is 0 Å². The van der Waals surface area contributed by atoms with Gasteiger partial charge in [0.05, 0.1) is 59.5 Å². The summed E-state index contributed by atoms with van der Waals surface area (Å²) in [4.78, 5) is 0. The summed E-state index contributed by atoms with van der Waals surface area (Å²) < 4.78 is 2.15. The van der Waals surface area contributed by atoms with Crippen LogP contribution in [-0.2, 0) is 0 Å². The molecule has 1 N–H and O–H groups in total. The van der Waals surface area contributed by atoms with E-state index in [1.165, 1.54) is 0 Å². The first-order valence-corrected chi connectivity index (χ1v) is 7.69. The molecule has 0 aromatic heterocycles. The zero-order chi connectivity index (χ0) is 14.2. The summed E-state index contributed by atoms with van der Waals surface area (Å²) in [6.45, 7) is 15.7. The van der Waals surface area contributed by atoms with Crippen LogP contribution in [-0.4, -0.2) is 73.5 Å². The smallest absolute Gasteiger partial charge is 0.0809 e. The molecule has 118 valence electrons. The molecule has 4 heteroatoms. The molecule has 0 amide bonds. The summed E-state index contributed by atoms with van der Waals surface area (Å²) >= 11 is 0. The van der Waals surface area contributed by atoms with Crippen LogP contribution in [0.3, 0.4) is 0 Å². The Bertz CT molecular complexity index is 194. The quantitative estimate of drug-likeness (QED) is 0.512. The van der Waals surface area contributed by atoms with Gasteiger partial charge in [0, 0.05) is 12.8 Å². The van der Waals surface area contributed by atoms with Gasteiger partial charge in [-0.3, -0.25) is 0 Å². The first-order valence-electron chi connectivity index (χ1n) is 7.69. The van der Waals surface area contributed by atoms with Gasteiger partial charge >= 0.3 is 0 Å². The minimum atomic E-state index is -0.129. The van der Waals surface area contributed by atoms with E-state index in [2.05, 4.69) is 41.8 Å².